The van der Waals surface area contributed by atoms with E-state index in [0.29, 0.717) is 5.56 Å². The number of nitriles is 1. The molecule has 0 fully saturated rings. The van der Waals surface area contributed by atoms with Crippen LogP contribution in [0.25, 0.3) is 88.4 Å². The highest BCUT2D eigenvalue weighted by atomic mass is 15.0. The van der Waals surface area contributed by atoms with Crippen LogP contribution in [0.3, 0.4) is 0 Å². The molecule has 61 heavy (non-hydrogen) atoms. The fourth-order valence-electron chi connectivity index (χ4n) is 11.1. The third kappa shape index (κ3) is 4.39. The van der Waals surface area contributed by atoms with Crippen LogP contribution in [0, 0.1) is 25.2 Å². The van der Waals surface area contributed by atoms with Gasteiger partial charge >= 0.3 is 0 Å². The summed E-state index contributed by atoms with van der Waals surface area (Å²) in [6, 6.07) is 64.7. The topological polar surface area (TPSA) is 46.5 Å². The maximum Gasteiger partial charge on any atom is 0.101 e. The Morgan fingerprint density at radius 2 is 0.984 bits per heavy atom. The van der Waals surface area contributed by atoms with Crippen LogP contribution >= 0.6 is 0 Å². The molecule has 13 rings (SSSR count). The van der Waals surface area contributed by atoms with Gasteiger partial charge in [-0.2, -0.15) is 5.26 Å². The van der Waals surface area contributed by atoms with Crippen LogP contribution in [0.15, 0.2) is 182 Å². The van der Waals surface area contributed by atoms with Crippen LogP contribution in [0.2, 0.25) is 0 Å². The Hall–Kier alpha value is -8.00. The van der Waals surface area contributed by atoms with Crippen molar-refractivity contribution in [2.24, 2.45) is 0 Å². The Morgan fingerprint density at radius 3 is 1.62 bits per heavy atom. The number of hydrogen-bond acceptors (Lipinski definition) is 2. The van der Waals surface area contributed by atoms with Gasteiger partial charge in [-0.15, -0.1) is 0 Å². The molecule has 11 aromatic rings. The van der Waals surface area contributed by atoms with Gasteiger partial charge in [0.05, 0.1) is 44.4 Å². The summed E-state index contributed by atoms with van der Waals surface area (Å²) in [7, 11) is 0. The standard InChI is InChI=1S/C57H36N4/c1-34-19-23-53-44(27-34)40-13-5-9-17-51(40)60(53)55-31-42(56(30-37(55)32-58)61-52-18-10-6-14-41(52)45-28-35(2)20-24-54(45)61)36-21-22-49-43(29-36)46-33-59-26-25-50(46)57(49)47-15-7-3-11-38(47)39-12-4-8-16-48(39)57/h3-31,33H,1-2H3. The molecule has 2 aliphatic rings. The van der Waals surface area contributed by atoms with E-state index in [1.807, 2.05) is 6.20 Å². The first-order chi connectivity index (χ1) is 30.0. The van der Waals surface area contributed by atoms with Crippen LogP contribution in [-0.4, -0.2) is 14.1 Å². The summed E-state index contributed by atoms with van der Waals surface area (Å²) in [6.45, 7) is 4.29. The zero-order valence-electron chi connectivity index (χ0n) is 33.6. The molecule has 0 saturated heterocycles. The molecule has 284 valence electrons. The molecule has 0 atom stereocenters. The van der Waals surface area contributed by atoms with Gasteiger partial charge in [-0.25, -0.2) is 0 Å². The first-order valence-corrected chi connectivity index (χ1v) is 20.9. The van der Waals surface area contributed by atoms with Gasteiger partial charge < -0.3 is 9.13 Å². The van der Waals surface area contributed by atoms with E-state index >= 15 is 0 Å². The maximum absolute atomic E-state index is 11.2. The van der Waals surface area contributed by atoms with E-state index in [9.17, 15) is 5.26 Å². The van der Waals surface area contributed by atoms with Crippen molar-refractivity contribution in [3.8, 4) is 50.8 Å². The molecule has 0 aliphatic heterocycles. The Morgan fingerprint density at radius 1 is 0.443 bits per heavy atom. The van der Waals surface area contributed by atoms with Crippen molar-refractivity contribution in [3.63, 3.8) is 0 Å². The number of hydrogen-bond donors (Lipinski definition) is 0. The molecule has 3 aromatic heterocycles. The number of benzene rings is 8. The van der Waals surface area contributed by atoms with Crippen molar-refractivity contribution in [2.45, 2.75) is 19.3 Å². The van der Waals surface area contributed by atoms with Crippen LogP contribution in [0.4, 0.5) is 0 Å². The van der Waals surface area contributed by atoms with E-state index in [2.05, 4.69) is 205 Å². The number of aromatic nitrogens is 3. The Bertz CT molecular complexity index is 3710. The fourth-order valence-corrected chi connectivity index (χ4v) is 11.1. The SMILES string of the molecule is Cc1ccc2c(c1)c1ccccc1n2-c1cc(-c2ccc3c(c2)-c2cnccc2C32c3ccccc3-c3ccccc32)c(-n2c3ccccc3c3cc(C)ccc32)cc1C#N. The lowest BCUT2D eigenvalue weighted by atomic mass is 9.70. The molecule has 0 saturated carbocycles. The minimum Gasteiger partial charge on any atom is -0.309 e. The molecule has 0 radical (unpaired) electrons. The molecule has 1 spiro atoms. The van der Waals surface area contributed by atoms with Crippen LogP contribution in [-0.2, 0) is 5.41 Å². The van der Waals surface area contributed by atoms with Crippen LogP contribution < -0.4 is 0 Å². The highest BCUT2D eigenvalue weighted by molar-refractivity contribution is 6.11. The van der Waals surface area contributed by atoms with Crippen LogP contribution in [0.5, 0.6) is 0 Å². The number of para-hydroxylation sites is 2. The molecule has 0 bridgehead atoms. The molecule has 4 heteroatoms. The van der Waals surface area contributed by atoms with Gasteiger partial charge in [0.1, 0.15) is 6.07 Å². The zero-order valence-corrected chi connectivity index (χ0v) is 33.6. The van der Waals surface area contributed by atoms with Gasteiger partial charge in [-0.1, -0.05) is 120 Å². The predicted molar refractivity (Wildman–Crippen MR) is 249 cm³/mol. The lowest BCUT2D eigenvalue weighted by molar-refractivity contribution is 0.792. The van der Waals surface area contributed by atoms with E-state index in [1.165, 1.54) is 66.2 Å². The lowest BCUT2D eigenvalue weighted by Gasteiger charge is -2.30. The quantitative estimate of drug-likeness (QED) is 0.179. The number of nitrogens with zero attached hydrogens (tertiary/aromatic N) is 4. The minimum absolute atomic E-state index is 0.468. The van der Waals surface area contributed by atoms with Crippen molar-refractivity contribution >= 4 is 43.6 Å². The number of aryl methyl sites for hydroxylation is 2. The monoisotopic (exact) mass is 776 g/mol. The van der Waals surface area contributed by atoms with Gasteiger partial charge in [0.25, 0.3) is 0 Å². The number of rotatable bonds is 3. The summed E-state index contributed by atoms with van der Waals surface area (Å²) in [4.78, 5) is 4.75. The molecule has 4 nitrogen and oxygen atoms in total. The fraction of sp³-hybridized carbons (Fsp3) is 0.0526. The third-order valence-electron chi connectivity index (χ3n) is 13.6. The molecule has 3 heterocycles. The first-order valence-electron chi connectivity index (χ1n) is 20.9. The summed E-state index contributed by atoms with van der Waals surface area (Å²) in [5.74, 6) is 0. The molecule has 0 N–H and O–H groups in total. The van der Waals surface area contributed by atoms with Gasteiger partial charge in [-0.3, -0.25) is 4.98 Å². The van der Waals surface area contributed by atoms with Gasteiger partial charge in [-0.05, 0) is 119 Å². The first kappa shape index (κ1) is 33.9. The molecule has 0 amide bonds. The van der Waals surface area contributed by atoms with Crippen molar-refractivity contribution in [2.75, 3.05) is 0 Å². The van der Waals surface area contributed by atoms with Crippen molar-refractivity contribution < 1.29 is 0 Å². The second kappa shape index (κ2) is 12.3. The summed E-state index contributed by atoms with van der Waals surface area (Å²) in [6.07, 6.45) is 4.00. The van der Waals surface area contributed by atoms with E-state index in [1.54, 1.807) is 0 Å². The van der Waals surface area contributed by atoms with E-state index in [-0.39, 0.29) is 0 Å². The summed E-state index contributed by atoms with van der Waals surface area (Å²) in [5, 5.41) is 15.9. The largest absolute Gasteiger partial charge is 0.309 e. The molecular formula is C57H36N4. The lowest BCUT2D eigenvalue weighted by Crippen LogP contribution is -2.25. The molecular weight excluding hydrogens is 741 g/mol. The second-order valence-electron chi connectivity index (χ2n) is 16.8. The van der Waals surface area contributed by atoms with Crippen molar-refractivity contribution in [3.05, 3.63) is 221 Å². The molecule has 2 aliphatic carbocycles. The number of fused-ring (bicyclic) bond motifs is 16. The van der Waals surface area contributed by atoms with Crippen LogP contribution in [0.1, 0.15) is 38.9 Å². The second-order valence-corrected chi connectivity index (χ2v) is 16.8. The molecule has 0 unspecified atom stereocenters. The summed E-state index contributed by atoms with van der Waals surface area (Å²) in [5.41, 5.74) is 20.8. The van der Waals surface area contributed by atoms with Crippen molar-refractivity contribution in [1.29, 1.82) is 5.26 Å². The Kier molecular flexibility index (Phi) is 6.82. The smallest absolute Gasteiger partial charge is 0.101 e. The Balaban J connectivity index is 1.15. The average Bonchev–Trinajstić information content (AvgIpc) is 4.00. The average molecular weight is 777 g/mol. The van der Waals surface area contributed by atoms with Gasteiger partial charge in [0.15, 0.2) is 0 Å². The summed E-state index contributed by atoms with van der Waals surface area (Å²) >= 11 is 0. The maximum atomic E-state index is 11.2. The minimum atomic E-state index is -0.468. The molecule has 8 aromatic carbocycles. The van der Waals surface area contributed by atoms with E-state index in [0.717, 1.165) is 55.5 Å². The normalized spacial score (nSPS) is 13.2. The third-order valence-corrected chi connectivity index (χ3v) is 13.6. The number of pyridine rings is 1. The summed E-state index contributed by atoms with van der Waals surface area (Å²) < 4.78 is 4.66. The van der Waals surface area contributed by atoms with Gasteiger partial charge in [0, 0.05) is 45.1 Å². The van der Waals surface area contributed by atoms with E-state index in [4.69, 9.17) is 4.98 Å². The zero-order chi connectivity index (χ0) is 40.6. The Labute approximate surface area is 352 Å². The highest BCUT2D eigenvalue weighted by Crippen LogP contribution is 2.63. The predicted octanol–water partition coefficient (Wildman–Crippen LogP) is 13.8. The van der Waals surface area contributed by atoms with E-state index < -0.39 is 5.41 Å². The highest BCUT2D eigenvalue weighted by Gasteiger charge is 2.51. The van der Waals surface area contributed by atoms with Crippen molar-refractivity contribution in [1.82, 2.24) is 14.1 Å². The van der Waals surface area contributed by atoms with Gasteiger partial charge in [0.2, 0.25) is 0 Å².